The highest BCUT2D eigenvalue weighted by atomic mass is 32.2. The van der Waals surface area contributed by atoms with Crippen molar-refractivity contribution in [2.24, 2.45) is 13.0 Å². The van der Waals surface area contributed by atoms with Crippen LogP contribution in [-0.4, -0.2) is 49.5 Å². The molecule has 1 unspecified atom stereocenters. The molecule has 3 aromatic rings. The number of hydrogen-bond acceptors (Lipinski definition) is 6. The molecule has 1 aliphatic heterocycles. The van der Waals surface area contributed by atoms with E-state index in [1.165, 1.54) is 18.6 Å². The molecular weight excluding hydrogens is 479 g/mol. The van der Waals surface area contributed by atoms with Crippen molar-refractivity contribution in [2.45, 2.75) is 55.9 Å². The zero-order chi connectivity index (χ0) is 23.9. The van der Waals surface area contributed by atoms with Crippen LogP contribution in [0.4, 0.5) is 13.2 Å². The Morgan fingerprint density at radius 2 is 1.94 bits per heavy atom. The number of aromatic nitrogens is 4. The van der Waals surface area contributed by atoms with Gasteiger partial charge in [0.05, 0.1) is 21.6 Å². The summed E-state index contributed by atoms with van der Waals surface area (Å²) in [6, 6.07) is 6.36. The first kappa shape index (κ1) is 23.8. The quantitative estimate of drug-likeness (QED) is 0.289. The molecule has 3 atom stereocenters. The number of fused-ring (bicyclic) bond motifs is 1. The van der Waals surface area contributed by atoms with E-state index in [0.717, 1.165) is 65.2 Å². The van der Waals surface area contributed by atoms with Crippen molar-refractivity contribution in [3.05, 3.63) is 46.6 Å². The topological polar surface area (TPSA) is 46.8 Å². The van der Waals surface area contributed by atoms with Crippen molar-refractivity contribution in [2.75, 3.05) is 18.8 Å². The second-order valence-electron chi connectivity index (χ2n) is 9.27. The Morgan fingerprint density at radius 1 is 1.15 bits per heavy atom. The Labute approximate surface area is 205 Å². The van der Waals surface area contributed by atoms with Crippen LogP contribution in [0.2, 0.25) is 0 Å². The highest BCUT2D eigenvalue weighted by Crippen LogP contribution is 2.46. The number of alkyl halides is 3. The van der Waals surface area contributed by atoms with E-state index in [4.69, 9.17) is 0 Å². The molecular formula is C24H28F3N5S2. The van der Waals surface area contributed by atoms with Gasteiger partial charge in [-0.05, 0) is 75.2 Å². The summed E-state index contributed by atoms with van der Waals surface area (Å²) in [4.78, 5) is 7.97. The average molecular weight is 508 g/mol. The maximum atomic E-state index is 12.9. The molecule has 1 aliphatic carbocycles. The molecule has 5 rings (SSSR count). The van der Waals surface area contributed by atoms with Gasteiger partial charge in [-0.3, -0.25) is 0 Å². The summed E-state index contributed by atoms with van der Waals surface area (Å²) in [5, 5.41) is 9.66. The van der Waals surface area contributed by atoms with E-state index in [9.17, 15) is 13.2 Å². The summed E-state index contributed by atoms with van der Waals surface area (Å²) in [5.74, 6) is 2.86. The monoisotopic (exact) mass is 507 g/mol. The Hall–Kier alpha value is -1.91. The Morgan fingerprint density at radius 3 is 2.65 bits per heavy atom. The maximum Gasteiger partial charge on any atom is 0.416 e. The number of likely N-dealkylation sites (tertiary alicyclic amines) is 1. The minimum absolute atomic E-state index is 0.363. The second kappa shape index (κ2) is 9.62. The molecule has 2 fully saturated rings. The first-order chi connectivity index (χ1) is 16.3. The molecule has 0 bridgehead atoms. The minimum Gasteiger partial charge on any atom is -0.304 e. The van der Waals surface area contributed by atoms with Crippen molar-refractivity contribution in [3.8, 4) is 10.7 Å². The molecule has 0 radical (unpaired) electrons. The lowest BCUT2D eigenvalue weighted by Crippen LogP contribution is -2.31. The third kappa shape index (κ3) is 4.77. The Kier molecular flexibility index (Phi) is 6.74. The normalized spacial score (nSPS) is 23.0. The first-order valence-electron chi connectivity index (χ1n) is 11.6. The van der Waals surface area contributed by atoms with Crippen LogP contribution in [0, 0.1) is 12.8 Å². The second-order valence-corrected chi connectivity index (χ2v) is 11.2. The molecule has 0 spiro atoms. The van der Waals surface area contributed by atoms with Crippen LogP contribution in [0.1, 0.15) is 48.4 Å². The fraction of sp³-hybridized carbons (Fsp3) is 0.542. The Bertz CT molecular complexity index is 1120. The average Bonchev–Trinajstić information content (AvgIpc) is 3.57. The SMILES string of the molecule is Cc1ncsc1-c1nnc(SCCCN2CC[C@@H]3C[C@H](c4ccc(C(F)(F)F)cc4)CC32)n1C. The summed E-state index contributed by atoms with van der Waals surface area (Å²) in [5.41, 5.74) is 3.30. The van der Waals surface area contributed by atoms with Crippen LogP contribution >= 0.6 is 23.1 Å². The van der Waals surface area contributed by atoms with Gasteiger partial charge in [0.25, 0.3) is 0 Å². The molecule has 2 aromatic heterocycles. The van der Waals surface area contributed by atoms with E-state index >= 15 is 0 Å². The summed E-state index contributed by atoms with van der Waals surface area (Å²) >= 11 is 3.32. The number of nitrogens with zero attached hydrogens (tertiary/aromatic N) is 5. The van der Waals surface area contributed by atoms with Crippen LogP contribution in [-0.2, 0) is 13.2 Å². The van der Waals surface area contributed by atoms with Crippen molar-refractivity contribution in [3.63, 3.8) is 0 Å². The number of aryl methyl sites for hydroxylation is 1. The van der Waals surface area contributed by atoms with Crippen LogP contribution in [0.25, 0.3) is 10.7 Å². The van der Waals surface area contributed by atoms with E-state index in [0.29, 0.717) is 17.9 Å². The van der Waals surface area contributed by atoms with Gasteiger partial charge in [-0.1, -0.05) is 23.9 Å². The predicted octanol–water partition coefficient (Wildman–Crippen LogP) is 6.02. The zero-order valence-electron chi connectivity index (χ0n) is 19.3. The molecule has 182 valence electrons. The number of halogens is 3. The van der Waals surface area contributed by atoms with Gasteiger partial charge in [-0.2, -0.15) is 13.2 Å². The summed E-state index contributed by atoms with van der Waals surface area (Å²) < 4.78 is 40.7. The fourth-order valence-corrected chi connectivity index (χ4v) is 7.09. The lowest BCUT2D eigenvalue weighted by Gasteiger charge is -2.24. The van der Waals surface area contributed by atoms with E-state index < -0.39 is 11.7 Å². The van der Waals surface area contributed by atoms with Crippen LogP contribution in [0.5, 0.6) is 0 Å². The Balaban J connectivity index is 1.12. The van der Waals surface area contributed by atoms with Gasteiger partial charge in [-0.25, -0.2) is 4.98 Å². The number of hydrogen-bond donors (Lipinski definition) is 0. The van der Waals surface area contributed by atoms with Gasteiger partial charge in [0, 0.05) is 18.8 Å². The van der Waals surface area contributed by atoms with Crippen molar-refractivity contribution in [1.29, 1.82) is 0 Å². The number of thioether (sulfide) groups is 1. The fourth-order valence-electron chi connectivity index (χ4n) is 5.44. The lowest BCUT2D eigenvalue weighted by molar-refractivity contribution is -0.137. The largest absolute Gasteiger partial charge is 0.416 e. The third-order valence-corrected chi connectivity index (χ3v) is 9.26. The van der Waals surface area contributed by atoms with Crippen LogP contribution in [0.15, 0.2) is 34.9 Å². The number of thiazole rings is 1. The molecule has 1 saturated heterocycles. The highest BCUT2D eigenvalue weighted by Gasteiger charge is 2.42. The van der Waals surface area contributed by atoms with E-state index in [1.807, 2.05) is 24.0 Å². The molecule has 2 aliphatic rings. The van der Waals surface area contributed by atoms with Crippen molar-refractivity contribution >= 4 is 23.1 Å². The lowest BCUT2D eigenvalue weighted by atomic mass is 9.94. The minimum atomic E-state index is -4.27. The smallest absolute Gasteiger partial charge is 0.304 e. The highest BCUT2D eigenvalue weighted by molar-refractivity contribution is 7.99. The standard InChI is InChI=1S/C24H28F3N5S2/c1-15-21(34-14-28-15)22-29-30-23(31(22)2)33-11-3-9-32-10-8-17-12-18(13-20(17)32)16-4-6-19(7-5-16)24(25,26)27/h4-7,14,17-18,20H,3,8-13H2,1-2H3/t17-,18+,20?/m1/s1. The van der Waals surface area contributed by atoms with Gasteiger partial charge in [0.1, 0.15) is 0 Å². The predicted molar refractivity (Wildman–Crippen MR) is 129 cm³/mol. The van der Waals surface area contributed by atoms with Gasteiger partial charge in [0.15, 0.2) is 11.0 Å². The maximum absolute atomic E-state index is 12.9. The van der Waals surface area contributed by atoms with Gasteiger partial charge >= 0.3 is 6.18 Å². The van der Waals surface area contributed by atoms with E-state index in [1.54, 1.807) is 35.2 Å². The van der Waals surface area contributed by atoms with Gasteiger partial charge < -0.3 is 9.47 Å². The number of rotatable bonds is 7. The van der Waals surface area contributed by atoms with Gasteiger partial charge in [0.2, 0.25) is 0 Å². The van der Waals surface area contributed by atoms with Gasteiger partial charge in [-0.15, -0.1) is 21.5 Å². The van der Waals surface area contributed by atoms with Crippen molar-refractivity contribution < 1.29 is 13.2 Å². The molecule has 0 N–H and O–H groups in total. The van der Waals surface area contributed by atoms with Crippen LogP contribution in [0.3, 0.4) is 0 Å². The molecule has 0 amide bonds. The summed E-state index contributed by atoms with van der Waals surface area (Å²) in [7, 11) is 2.00. The molecule has 1 aromatic carbocycles. The van der Waals surface area contributed by atoms with Crippen LogP contribution < -0.4 is 0 Å². The first-order valence-corrected chi connectivity index (χ1v) is 13.5. The molecule has 1 saturated carbocycles. The van der Waals surface area contributed by atoms with Crippen molar-refractivity contribution in [1.82, 2.24) is 24.6 Å². The molecule has 10 heteroatoms. The van der Waals surface area contributed by atoms with E-state index in [-0.39, 0.29) is 0 Å². The molecule has 3 heterocycles. The summed E-state index contributed by atoms with van der Waals surface area (Å²) in [6.07, 6.45) is 0.118. The summed E-state index contributed by atoms with van der Waals surface area (Å²) in [6.45, 7) is 4.16. The van der Waals surface area contributed by atoms with E-state index in [2.05, 4.69) is 20.1 Å². The number of benzene rings is 1. The molecule has 5 nitrogen and oxygen atoms in total. The molecule has 34 heavy (non-hydrogen) atoms. The zero-order valence-corrected chi connectivity index (χ0v) is 20.9. The third-order valence-electron chi connectivity index (χ3n) is 7.23.